The van der Waals surface area contributed by atoms with E-state index in [1.807, 2.05) is 19.2 Å². The number of nitriles is 1. The van der Waals surface area contributed by atoms with Crippen molar-refractivity contribution in [2.45, 2.75) is 13.0 Å². The van der Waals surface area contributed by atoms with Crippen molar-refractivity contribution in [3.63, 3.8) is 0 Å². The minimum absolute atomic E-state index is 0.261. The Morgan fingerprint density at radius 3 is 2.47 bits per heavy atom. The van der Waals surface area contributed by atoms with Gasteiger partial charge in [-0.3, -0.25) is 0 Å². The van der Waals surface area contributed by atoms with Crippen molar-refractivity contribution in [2.75, 3.05) is 7.05 Å². The molecule has 0 aliphatic carbocycles. The standard InChI is InChI=1S/C15H15N3O/c1-11(17-2)13-5-8-15(18-10-13)19-14-6-3-12(9-16)4-7-14/h3-8,10-11,17H,1-2H3. The number of hydrogen-bond acceptors (Lipinski definition) is 4. The van der Waals surface area contributed by atoms with Gasteiger partial charge in [0.2, 0.25) is 5.88 Å². The monoisotopic (exact) mass is 253 g/mol. The van der Waals surface area contributed by atoms with Gasteiger partial charge in [0.05, 0.1) is 11.6 Å². The first-order chi connectivity index (χ1) is 9.22. The van der Waals surface area contributed by atoms with Crippen LogP contribution in [0.5, 0.6) is 11.6 Å². The highest BCUT2D eigenvalue weighted by molar-refractivity contribution is 5.36. The molecule has 0 aliphatic rings. The topological polar surface area (TPSA) is 57.9 Å². The van der Waals surface area contributed by atoms with Gasteiger partial charge in [-0.25, -0.2) is 4.98 Å². The summed E-state index contributed by atoms with van der Waals surface area (Å²) in [6.45, 7) is 2.07. The maximum absolute atomic E-state index is 8.72. The first-order valence-electron chi connectivity index (χ1n) is 6.04. The number of aromatic nitrogens is 1. The predicted octanol–water partition coefficient (Wildman–Crippen LogP) is 3.03. The van der Waals surface area contributed by atoms with E-state index in [9.17, 15) is 0 Å². The molecule has 2 rings (SSSR count). The van der Waals surface area contributed by atoms with Gasteiger partial charge in [-0.15, -0.1) is 0 Å². The normalized spacial score (nSPS) is 11.6. The Labute approximate surface area is 112 Å². The molecule has 0 bridgehead atoms. The molecule has 0 fully saturated rings. The summed E-state index contributed by atoms with van der Waals surface area (Å²) in [5, 5.41) is 11.9. The second-order valence-electron chi connectivity index (χ2n) is 4.18. The van der Waals surface area contributed by atoms with Crippen molar-refractivity contribution in [1.29, 1.82) is 5.26 Å². The smallest absolute Gasteiger partial charge is 0.219 e. The van der Waals surface area contributed by atoms with Crippen LogP contribution in [0.15, 0.2) is 42.6 Å². The molecule has 96 valence electrons. The molecule has 1 atom stereocenters. The summed E-state index contributed by atoms with van der Waals surface area (Å²) in [5.74, 6) is 1.21. The molecule has 0 radical (unpaired) electrons. The molecule has 2 aromatic rings. The summed E-state index contributed by atoms with van der Waals surface area (Å²) >= 11 is 0. The number of benzene rings is 1. The van der Waals surface area contributed by atoms with Crippen LogP contribution in [0.2, 0.25) is 0 Å². The Hall–Kier alpha value is -2.38. The van der Waals surface area contributed by atoms with Crippen molar-refractivity contribution in [2.24, 2.45) is 0 Å². The van der Waals surface area contributed by atoms with Crippen LogP contribution in [0.4, 0.5) is 0 Å². The van der Waals surface area contributed by atoms with E-state index < -0.39 is 0 Å². The third-order valence-corrected chi connectivity index (χ3v) is 2.90. The zero-order valence-corrected chi connectivity index (χ0v) is 10.9. The highest BCUT2D eigenvalue weighted by atomic mass is 16.5. The lowest BCUT2D eigenvalue weighted by Crippen LogP contribution is -2.12. The Kier molecular flexibility index (Phi) is 4.11. The third-order valence-electron chi connectivity index (χ3n) is 2.90. The van der Waals surface area contributed by atoms with Crippen LogP contribution in [-0.4, -0.2) is 12.0 Å². The van der Waals surface area contributed by atoms with E-state index in [1.54, 1.807) is 30.5 Å². The first-order valence-corrected chi connectivity index (χ1v) is 6.04. The van der Waals surface area contributed by atoms with E-state index >= 15 is 0 Å². The fraction of sp³-hybridized carbons (Fsp3) is 0.200. The number of hydrogen-bond donors (Lipinski definition) is 1. The van der Waals surface area contributed by atoms with Crippen LogP contribution in [0.3, 0.4) is 0 Å². The van der Waals surface area contributed by atoms with Crippen molar-refractivity contribution in [1.82, 2.24) is 10.3 Å². The third kappa shape index (κ3) is 3.30. The molecule has 0 amide bonds. The summed E-state index contributed by atoms with van der Waals surface area (Å²) in [5.41, 5.74) is 1.72. The Morgan fingerprint density at radius 1 is 1.21 bits per heavy atom. The zero-order chi connectivity index (χ0) is 13.7. The minimum Gasteiger partial charge on any atom is -0.439 e. The van der Waals surface area contributed by atoms with E-state index in [2.05, 4.69) is 23.3 Å². The molecular formula is C15H15N3O. The SMILES string of the molecule is CNC(C)c1ccc(Oc2ccc(C#N)cc2)nc1. The minimum atomic E-state index is 0.261. The van der Waals surface area contributed by atoms with Gasteiger partial charge >= 0.3 is 0 Å². The quantitative estimate of drug-likeness (QED) is 0.909. The highest BCUT2D eigenvalue weighted by Gasteiger charge is 2.04. The zero-order valence-electron chi connectivity index (χ0n) is 10.9. The number of rotatable bonds is 4. The van der Waals surface area contributed by atoms with Crippen molar-refractivity contribution >= 4 is 0 Å². The van der Waals surface area contributed by atoms with Crippen molar-refractivity contribution in [3.05, 3.63) is 53.7 Å². The van der Waals surface area contributed by atoms with Gasteiger partial charge in [0, 0.05) is 18.3 Å². The molecule has 1 heterocycles. The van der Waals surface area contributed by atoms with Gasteiger partial charge in [0.1, 0.15) is 5.75 Å². The summed E-state index contributed by atoms with van der Waals surface area (Å²) in [7, 11) is 1.91. The van der Waals surface area contributed by atoms with E-state index in [-0.39, 0.29) is 6.04 Å². The molecule has 1 aromatic carbocycles. The summed E-state index contributed by atoms with van der Waals surface area (Å²) in [4.78, 5) is 4.26. The molecule has 4 nitrogen and oxygen atoms in total. The molecule has 0 saturated carbocycles. The van der Waals surface area contributed by atoms with Crippen LogP contribution in [0.25, 0.3) is 0 Å². The molecule has 0 spiro atoms. The van der Waals surface area contributed by atoms with Gasteiger partial charge in [-0.1, -0.05) is 6.07 Å². The number of pyridine rings is 1. The number of nitrogens with zero attached hydrogens (tertiary/aromatic N) is 2. The van der Waals surface area contributed by atoms with Gasteiger partial charge in [-0.2, -0.15) is 5.26 Å². The lowest BCUT2D eigenvalue weighted by atomic mass is 10.1. The fourth-order valence-electron chi connectivity index (χ4n) is 1.59. The Bertz CT molecular complexity index is 570. The fourth-order valence-corrected chi connectivity index (χ4v) is 1.59. The summed E-state index contributed by atoms with van der Waals surface area (Å²) < 4.78 is 5.61. The Morgan fingerprint density at radius 2 is 1.95 bits per heavy atom. The van der Waals surface area contributed by atoms with E-state index in [4.69, 9.17) is 10.00 Å². The molecule has 19 heavy (non-hydrogen) atoms. The number of ether oxygens (including phenoxy) is 1. The van der Waals surface area contributed by atoms with E-state index in [0.29, 0.717) is 17.2 Å². The largest absolute Gasteiger partial charge is 0.439 e. The van der Waals surface area contributed by atoms with E-state index in [0.717, 1.165) is 5.56 Å². The average Bonchev–Trinajstić information content (AvgIpc) is 2.48. The maximum Gasteiger partial charge on any atom is 0.219 e. The van der Waals surface area contributed by atoms with Crippen molar-refractivity contribution in [3.8, 4) is 17.7 Å². The summed E-state index contributed by atoms with van der Waals surface area (Å²) in [6.07, 6.45) is 1.79. The Balaban J connectivity index is 2.08. The van der Waals surface area contributed by atoms with Crippen molar-refractivity contribution < 1.29 is 4.74 Å². The molecule has 1 N–H and O–H groups in total. The highest BCUT2D eigenvalue weighted by Crippen LogP contribution is 2.21. The molecule has 4 heteroatoms. The van der Waals surface area contributed by atoms with Crippen LogP contribution < -0.4 is 10.1 Å². The molecule has 0 aliphatic heterocycles. The maximum atomic E-state index is 8.72. The first kappa shape index (κ1) is 13.1. The van der Waals surface area contributed by atoms with Gasteiger partial charge < -0.3 is 10.1 Å². The second-order valence-corrected chi connectivity index (χ2v) is 4.18. The molecule has 0 saturated heterocycles. The lowest BCUT2D eigenvalue weighted by molar-refractivity contribution is 0.461. The summed E-state index contributed by atoms with van der Waals surface area (Å²) in [6, 6.07) is 13.1. The second kappa shape index (κ2) is 5.98. The van der Waals surface area contributed by atoms with Gasteiger partial charge in [0.15, 0.2) is 0 Å². The lowest BCUT2D eigenvalue weighted by Gasteiger charge is -2.10. The van der Waals surface area contributed by atoms with E-state index in [1.165, 1.54) is 0 Å². The predicted molar refractivity (Wildman–Crippen MR) is 72.9 cm³/mol. The van der Waals surface area contributed by atoms with Crippen LogP contribution in [0, 0.1) is 11.3 Å². The number of nitrogens with one attached hydrogen (secondary N) is 1. The molecule has 1 unspecified atom stereocenters. The van der Waals surface area contributed by atoms with Crippen LogP contribution in [0.1, 0.15) is 24.1 Å². The molecular weight excluding hydrogens is 238 g/mol. The van der Waals surface area contributed by atoms with Gasteiger partial charge in [-0.05, 0) is 43.8 Å². The van der Waals surface area contributed by atoms with Crippen LogP contribution >= 0.6 is 0 Å². The van der Waals surface area contributed by atoms with Gasteiger partial charge in [0.25, 0.3) is 0 Å². The average molecular weight is 253 g/mol. The molecule has 1 aromatic heterocycles. The van der Waals surface area contributed by atoms with Crippen LogP contribution in [-0.2, 0) is 0 Å².